The van der Waals surface area contributed by atoms with Gasteiger partial charge in [-0.3, -0.25) is 14.3 Å². The molecule has 2 heterocycles. The maximum absolute atomic E-state index is 12.9. The molecule has 1 N–H and O–H groups in total. The lowest BCUT2D eigenvalue weighted by atomic mass is 10.2. The van der Waals surface area contributed by atoms with Crippen molar-refractivity contribution >= 4 is 39.5 Å². The Labute approximate surface area is 189 Å². The highest BCUT2D eigenvalue weighted by Gasteiger charge is 2.29. The van der Waals surface area contributed by atoms with Crippen LogP contribution >= 0.6 is 15.9 Å². The monoisotopic (exact) mass is 491 g/mol. The van der Waals surface area contributed by atoms with E-state index in [0.29, 0.717) is 49.7 Å². The molecule has 10 heteroatoms. The molecule has 0 saturated carbocycles. The number of hydrogen-bond acceptors (Lipinski definition) is 5. The maximum Gasteiger partial charge on any atom is 0.409 e. The van der Waals surface area contributed by atoms with Crippen molar-refractivity contribution in [1.29, 1.82) is 0 Å². The molecule has 0 radical (unpaired) electrons. The van der Waals surface area contributed by atoms with E-state index < -0.39 is 6.04 Å². The van der Waals surface area contributed by atoms with Crippen molar-refractivity contribution in [1.82, 2.24) is 19.6 Å². The smallest absolute Gasteiger partial charge is 0.409 e. The number of benzene rings is 1. The zero-order chi connectivity index (χ0) is 22.5. The molecular weight excluding hydrogens is 466 g/mol. The van der Waals surface area contributed by atoms with Crippen LogP contribution in [0.5, 0.6) is 0 Å². The summed E-state index contributed by atoms with van der Waals surface area (Å²) >= 11 is 3.35. The number of carbonyl (C=O) groups is 3. The van der Waals surface area contributed by atoms with Crippen molar-refractivity contribution in [2.45, 2.75) is 26.8 Å². The van der Waals surface area contributed by atoms with Crippen LogP contribution in [0.1, 0.15) is 35.9 Å². The summed E-state index contributed by atoms with van der Waals surface area (Å²) in [6.07, 6.45) is 1.32. The Morgan fingerprint density at radius 2 is 1.74 bits per heavy atom. The van der Waals surface area contributed by atoms with Crippen LogP contribution in [-0.2, 0) is 9.53 Å². The quantitative estimate of drug-likeness (QED) is 0.692. The summed E-state index contributed by atoms with van der Waals surface area (Å²) in [4.78, 5) is 40.6. The van der Waals surface area contributed by atoms with Gasteiger partial charge in [0.2, 0.25) is 5.91 Å². The van der Waals surface area contributed by atoms with Gasteiger partial charge in [0, 0.05) is 42.4 Å². The van der Waals surface area contributed by atoms with Crippen LogP contribution in [0.15, 0.2) is 34.9 Å². The van der Waals surface area contributed by atoms with E-state index in [1.165, 1.54) is 0 Å². The van der Waals surface area contributed by atoms with Gasteiger partial charge in [-0.25, -0.2) is 4.79 Å². The minimum Gasteiger partial charge on any atom is -0.450 e. The lowest BCUT2D eigenvalue weighted by molar-refractivity contribution is -0.136. The van der Waals surface area contributed by atoms with Crippen LogP contribution in [0, 0.1) is 6.92 Å². The zero-order valence-electron chi connectivity index (χ0n) is 17.8. The van der Waals surface area contributed by atoms with Crippen LogP contribution in [0.3, 0.4) is 0 Å². The molecule has 1 atom stereocenters. The lowest BCUT2D eigenvalue weighted by Crippen LogP contribution is -2.52. The Morgan fingerprint density at radius 3 is 2.35 bits per heavy atom. The molecule has 1 unspecified atom stereocenters. The fourth-order valence-corrected chi connectivity index (χ4v) is 3.56. The van der Waals surface area contributed by atoms with E-state index >= 15 is 0 Å². The molecule has 1 aromatic carbocycles. The minimum atomic E-state index is -0.536. The van der Waals surface area contributed by atoms with E-state index in [-0.39, 0.29) is 17.9 Å². The van der Waals surface area contributed by atoms with E-state index in [9.17, 15) is 14.4 Å². The highest BCUT2D eigenvalue weighted by molar-refractivity contribution is 9.10. The summed E-state index contributed by atoms with van der Waals surface area (Å²) in [6.45, 7) is 7.39. The average Bonchev–Trinajstić information content (AvgIpc) is 3.13. The average molecular weight is 492 g/mol. The van der Waals surface area contributed by atoms with Gasteiger partial charge in [0.25, 0.3) is 5.91 Å². The number of hydrogen-bond donors (Lipinski definition) is 1. The number of piperazine rings is 1. The Bertz CT molecular complexity index is 951. The fourth-order valence-electron chi connectivity index (χ4n) is 3.30. The normalized spacial score (nSPS) is 14.8. The van der Waals surface area contributed by atoms with Gasteiger partial charge in [-0.2, -0.15) is 5.10 Å². The van der Waals surface area contributed by atoms with Gasteiger partial charge in [0.1, 0.15) is 6.04 Å². The van der Waals surface area contributed by atoms with Crippen molar-refractivity contribution in [3.8, 4) is 0 Å². The first kappa shape index (κ1) is 22.8. The lowest BCUT2D eigenvalue weighted by Gasteiger charge is -2.35. The molecule has 1 aromatic heterocycles. The van der Waals surface area contributed by atoms with Crippen LogP contribution in [0.25, 0.3) is 0 Å². The molecule has 2 aromatic rings. The number of nitrogens with one attached hydrogen (secondary N) is 1. The number of ether oxygens (including phenoxy) is 1. The molecule has 31 heavy (non-hydrogen) atoms. The Kier molecular flexibility index (Phi) is 7.32. The Morgan fingerprint density at radius 1 is 1.13 bits per heavy atom. The van der Waals surface area contributed by atoms with Gasteiger partial charge in [-0.05, 0) is 45.0 Å². The third-order valence-corrected chi connectivity index (χ3v) is 5.67. The third kappa shape index (κ3) is 5.43. The molecule has 1 fully saturated rings. The summed E-state index contributed by atoms with van der Waals surface area (Å²) in [5.41, 5.74) is 1.70. The Balaban J connectivity index is 1.61. The minimum absolute atomic E-state index is 0.0863. The van der Waals surface area contributed by atoms with Crippen LogP contribution < -0.4 is 5.32 Å². The van der Waals surface area contributed by atoms with E-state index in [1.807, 2.05) is 0 Å². The molecule has 9 nitrogen and oxygen atoms in total. The molecule has 1 saturated heterocycles. The summed E-state index contributed by atoms with van der Waals surface area (Å²) in [5.74, 6) is -0.332. The molecule has 3 amide bonds. The topological polar surface area (TPSA) is 96.8 Å². The van der Waals surface area contributed by atoms with Crippen LogP contribution in [-0.4, -0.2) is 70.3 Å². The summed E-state index contributed by atoms with van der Waals surface area (Å²) < 4.78 is 7.47. The van der Waals surface area contributed by atoms with E-state index in [0.717, 1.165) is 4.47 Å². The van der Waals surface area contributed by atoms with Crippen molar-refractivity contribution in [3.05, 3.63) is 46.2 Å². The number of aryl methyl sites for hydroxylation is 1. The second-order valence-corrected chi connectivity index (χ2v) is 8.17. The Hall–Kier alpha value is -2.88. The standard InChI is InChI=1S/C21H26BrN5O4/c1-4-31-21(30)26-11-9-25(10-12-26)20(29)15(3)27-13-18(14(2)24-27)23-19(28)16-5-7-17(22)8-6-16/h5-8,13,15H,4,9-12H2,1-3H3,(H,23,28). The molecule has 0 aliphatic carbocycles. The van der Waals surface area contributed by atoms with Gasteiger partial charge in [-0.1, -0.05) is 15.9 Å². The number of nitrogens with zero attached hydrogens (tertiary/aromatic N) is 4. The second kappa shape index (κ2) is 9.95. The molecule has 0 spiro atoms. The highest BCUT2D eigenvalue weighted by atomic mass is 79.9. The first-order valence-electron chi connectivity index (χ1n) is 10.1. The van der Waals surface area contributed by atoms with E-state index in [1.54, 1.807) is 65.7 Å². The first-order valence-corrected chi connectivity index (χ1v) is 10.9. The molecule has 0 bridgehead atoms. The van der Waals surface area contributed by atoms with E-state index in [2.05, 4.69) is 26.3 Å². The van der Waals surface area contributed by atoms with Crippen molar-refractivity contribution in [2.75, 3.05) is 38.1 Å². The number of anilines is 1. The fraction of sp³-hybridized carbons (Fsp3) is 0.429. The van der Waals surface area contributed by atoms with Crippen LogP contribution in [0.4, 0.5) is 10.5 Å². The number of rotatable bonds is 5. The largest absolute Gasteiger partial charge is 0.450 e. The highest BCUT2D eigenvalue weighted by Crippen LogP contribution is 2.20. The number of carbonyl (C=O) groups excluding carboxylic acids is 3. The van der Waals surface area contributed by atoms with Gasteiger partial charge < -0.3 is 19.9 Å². The third-order valence-electron chi connectivity index (χ3n) is 5.14. The van der Waals surface area contributed by atoms with E-state index in [4.69, 9.17) is 4.74 Å². The summed E-state index contributed by atoms with van der Waals surface area (Å²) in [5, 5.41) is 7.27. The van der Waals surface area contributed by atoms with Crippen molar-refractivity contribution < 1.29 is 19.1 Å². The molecule has 166 valence electrons. The zero-order valence-corrected chi connectivity index (χ0v) is 19.4. The molecular formula is C21H26BrN5O4. The van der Waals surface area contributed by atoms with Crippen LogP contribution in [0.2, 0.25) is 0 Å². The molecule has 1 aliphatic rings. The van der Waals surface area contributed by atoms with Gasteiger partial charge in [0.15, 0.2) is 0 Å². The number of amides is 3. The van der Waals surface area contributed by atoms with Gasteiger partial charge in [-0.15, -0.1) is 0 Å². The second-order valence-electron chi connectivity index (χ2n) is 7.26. The SMILES string of the molecule is CCOC(=O)N1CCN(C(=O)C(C)n2cc(NC(=O)c3ccc(Br)cc3)c(C)n2)CC1. The number of halogens is 1. The summed E-state index contributed by atoms with van der Waals surface area (Å²) in [7, 11) is 0. The predicted molar refractivity (Wildman–Crippen MR) is 119 cm³/mol. The first-order chi connectivity index (χ1) is 14.8. The van der Waals surface area contributed by atoms with Crippen molar-refractivity contribution in [3.63, 3.8) is 0 Å². The summed E-state index contributed by atoms with van der Waals surface area (Å²) in [6, 6.07) is 6.51. The predicted octanol–water partition coefficient (Wildman–Crippen LogP) is 3.07. The maximum atomic E-state index is 12.9. The number of aromatic nitrogens is 2. The van der Waals surface area contributed by atoms with Gasteiger partial charge >= 0.3 is 6.09 Å². The van der Waals surface area contributed by atoms with Crippen molar-refractivity contribution in [2.24, 2.45) is 0 Å². The molecule has 3 rings (SSSR count). The molecule has 1 aliphatic heterocycles. The van der Waals surface area contributed by atoms with Gasteiger partial charge in [0.05, 0.1) is 18.0 Å².